The van der Waals surface area contributed by atoms with Crippen LogP contribution in [0.3, 0.4) is 0 Å². The molecule has 1 aliphatic rings. The summed E-state index contributed by atoms with van der Waals surface area (Å²) in [6.45, 7) is -1.14. The summed E-state index contributed by atoms with van der Waals surface area (Å²) in [7, 11) is 0. The molecule has 1 heterocycles. The molecule has 8 nitrogen and oxygen atoms in total. The van der Waals surface area contributed by atoms with E-state index in [1.807, 2.05) is 0 Å². The molecule has 0 spiro atoms. The van der Waals surface area contributed by atoms with Crippen molar-refractivity contribution in [1.29, 1.82) is 0 Å². The molecule has 1 rings (SSSR count). The molecule has 1 saturated heterocycles. The van der Waals surface area contributed by atoms with Gasteiger partial charge in [0, 0.05) is 6.54 Å². The topological polar surface area (TPSA) is 142 Å². The van der Waals surface area contributed by atoms with Crippen molar-refractivity contribution in [1.82, 2.24) is 5.32 Å². The van der Waals surface area contributed by atoms with Crippen molar-refractivity contribution in [3.63, 3.8) is 0 Å². The summed E-state index contributed by atoms with van der Waals surface area (Å²) in [4.78, 5) is 10.2. The van der Waals surface area contributed by atoms with Crippen LogP contribution in [0.5, 0.6) is 0 Å². The Balaban J connectivity index is 0.00000256. The molecule has 0 aromatic heterocycles. The van der Waals surface area contributed by atoms with E-state index < -0.39 is 49.8 Å². The van der Waals surface area contributed by atoms with Crippen molar-refractivity contribution >= 4 is 5.97 Å². The molecular formula is C8H14NNaO7. The zero-order valence-electron chi connectivity index (χ0n) is 9.31. The van der Waals surface area contributed by atoms with Gasteiger partial charge in [-0.2, -0.15) is 0 Å². The number of nitrogens with one attached hydrogen (secondary N) is 1. The number of aliphatic carboxylic acids is 1. The zero-order chi connectivity index (χ0) is 12.3. The molecule has 0 aromatic carbocycles. The third-order valence-electron chi connectivity index (χ3n) is 2.34. The number of carbonyl (C=O) groups is 1. The fraction of sp³-hybridized carbons (Fsp3) is 0.875. The van der Waals surface area contributed by atoms with E-state index in [-0.39, 0.29) is 29.6 Å². The monoisotopic (exact) mass is 259 g/mol. The average Bonchev–Trinajstić information content (AvgIpc) is 2.25. The number of aliphatic hydroxyl groups excluding tert-OH is 4. The molecule has 0 saturated carbocycles. The van der Waals surface area contributed by atoms with Gasteiger partial charge in [0.25, 0.3) is 0 Å². The van der Waals surface area contributed by atoms with Crippen LogP contribution in [0.4, 0.5) is 0 Å². The van der Waals surface area contributed by atoms with Gasteiger partial charge in [-0.15, -0.1) is 0 Å². The minimum absolute atomic E-state index is 0. The van der Waals surface area contributed by atoms with Gasteiger partial charge in [0.15, 0.2) is 0 Å². The second-order valence-corrected chi connectivity index (χ2v) is 3.50. The minimum atomic E-state index is -1.52. The Morgan fingerprint density at radius 3 is 2.29 bits per heavy atom. The number of aliphatic hydroxyl groups is 4. The van der Waals surface area contributed by atoms with Crippen LogP contribution in [0, 0.1) is 0 Å². The molecule has 94 valence electrons. The molecule has 0 bridgehead atoms. The Labute approximate surface area is 119 Å². The molecule has 0 aliphatic carbocycles. The van der Waals surface area contributed by atoms with Crippen molar-refractivity contribution in [2.45, 2.75) is 30.6 Å². The predicted octanol–water partition coefficient (Wildman–Crippen LogP) is -7.87. The van der Waals surface area contributed by atoms with Crippen LogP contribution in [0.25, 0.3) is 0 Å². The van der Waals surface area contributed by atoms with E-state index in [0.29, 0.717) is 0 Å². The van der Waals surface area contributed by atoms with E-state index in [1.54, 1.807) is 0 Å². The summed E-state index contributed by atoms with van der Waals surface area (Å²) in [5.41, 5.74) is 0. The Bertz CT molecular complexity index is 252. The molecule has 0 radical (unpaired) electrons. The second-order valence-electron chi connectivity index (χ2n) is 3.50. The minimum Gasteiger partial charge on any atom is -0.549 e. The van der Waals surface area contributed by atoms with Gasteiger partial charge in [0.2, 0.25) is 0 Å². The van der Waals surface area contributed by atoms with Gasteiger partial charge in [-0.3, -0.25) is 5.32 Å². The number of ether oxygens (including phenoxy) is 1. The first kappa shape index (κ1) is 17.2. The number of hydrogen-bond donors (Lipinski definition) is 5. The number of carboxylic acid groups (broad SMARTS) is 1. The molecule has 5 N–H and O–H groups in total. The SMILES string of the molecule is O=C([O-])CNC1O[C@H](CO)[C@@H](O)[C@H](O)[C@H]1O.[Na+]. The predicted molar refractivity (Wildman–Crippen MR) is 46.8 cm³/mol. The number of rotatable bonds is 4. The van der Waals surface area contributed by atoms with Gasteiger partial charge in [-0.25, -0.2) is 0 Å². The molecule has 5 atom stereocenters. The standard InChI is InChI=1S/C8H15NO7.Na/c10-2-3-5(13)6(14)7(15)8(16-3)9-1-4(11)12;/h3,5-10,13-15H,1-2H2,(H,11,12);/q;+1/p-1/t3-,5-,6+,7-,8?;/m1./s1. The first-order valence-corrected chi connectivity index (χ1v) is 4.71. The second kappa shape index (κ2) is 7.62. The van der Waals surface area contributed by atoms with Gasteiger partial charge in [-0.1, -0.05) is 0 Å². The van der Waals surface area contributed by atoms with Crippen molar-refractivity contribution in [3.05, 3.63) is 0 Å². The zero-order valence-corrected chi connectivity index (χ0v) is 11.3. The maximum Gasteiger partial charge on any atom is 1.00 e. The number of carboxylic acids is 1. The summed E-state index contributed by atoms with van der Waals surface area (Å²) in [6, 6.07) is 0. The summed E-state index contributed by atoms with van der Waals surface area (Å²) in [5, 5.41) is 49.5. The summed E-state index contributed by atoms with van der Waals surface area (Å²) in [5.74, 6) is -1.41. The quantitative estimate of drug-likeness (QED) is 0.313. The summed E-state index contributed by atoms with van der Waals surface area (Å²) < 4.78 is 4.97. The van der Waals surface area contributed by atoms with Gasteiger partial charge in [-0.05, 0) is 0 Å². The van der Waals surface area contributed by atoms with Crippen molar-refractivity contribution in [2.75, 3.05) is 13.2 Å². The van der Waals surface area contributed by atoms with Crippen molar-refractivity contribution < 1.29 is 64.6 Å². The first-order valence-electron chi connectivity index (χ1n) is 4.71. The van der Waals surface area contributed by atoms with E-state index in [0.717, 1.165) is 0 Å². The Hall–Kier alpha value is 0.230. The van der Waals surface area contributed by atoms with Crippen LogP contribution >= 0.6 is 0 Å². The van der Waals surface area contributed by atoms with E-state index in [1.165, 1.54) is 0 Å². The molecule has 0 amide bonds. The molecule has 0 aromatic rings. The number of carbonyl (C=O) groups excluding carboxylic acids is 1. The Kier molecular flexibility index (Phi) is 7.72. The van der Waals surface area contributed by atoms with Gasteiger partial charge < -0.3 is 35.1 Å². The number of hydrogen-bond acceptors (Lipinski definition) is 8. The molecule has 1 unspecified atom stereocenters. The summed E-state index contributed by atoms with van der Waals surface area (Å²) >= 11 is 0. The van der Waals surface area contributed by atoms with Crippen LogP contribution in [0.2, 0.25) is 0 Å². The van der Waals surface area contributed by atoms with E-state index >= 15 is 0 Å². The van der Waals surface area contributed by atoms with Crippen LogP contribution in [-0.2, 0) is 9.53 Å². The third kappa shape index (κ3) is 4.43. The molecule has 1 aliphatic heterocycles. The normalized spacial score (nSPS) is 37.3. The smallest absolute Gasteiger partial charge is 0.549 e. The Morgan fingerprint density at radius 1 is 1.24 bits per heavy atom. The average molecular weight is 259 g/mol. The Morgan fingerprint density at radius 2 is 1.82 bits per heavy atom. The van der Waals surface area contributed by atoms with E-state index in [4.69, 9.17) is 9.84 Å². The maximum absolute atomic E-state index is 10.2. The van der Waals surface area contributed by atoms with Gasteiger partial charge >= 0.3 is 29.6 Å². The van der Waals surface area contributed by atoms with Gasteiger partial charge in [0.1, 0.15) is 30.6 Å². The van der Waals surface area contributed by atoms with E-state index in [2.05, 4.69) is 5.32 Å². The van der Waals surface area contributed by atoms with Crippen LogP contribution < -0.4 is 40.0 Å². The van der Waals surface area contributed by atoms with Crippen LogP contribution in [-0.4, -0.2) is 70.2 Å². The third-order valence-corrected chi connectivity index (χ3v) is 2.34. The summed E-state index contributed by atoms with van der Waals surface area (Å²) in [6.07, 6.45) is -6.71. The van der Waals surface area contributed by atoms with Crippen molar-refractivity contribution in [3.8, 4) is 0 Å². The first-order chi connectivity index (χ1) is 7.47. The van der Waals surface area contributed by atoms with E-state index in [9.17, 15) is 25.2 Å². The largest absolute Gasteiger partial charge is 1.00 e. The van der Waals surface area contributed by atoms with Crippen LogP contribution in [0.15, 0.2) is 0 Å². The molecule has 9 heteroatoms. The molecule has 1 fully saturated rings. The molecule has 17 heavy (non-hydrogen) atoms. The van der Waals surface area contributed by atoms with Gasteiger partial charge in [0.05, 0.1) is 12.6 Å². The van der Waals surface area contributed by atoms with Crippen LogP contribution in [0.1, 0.15) is 0 Å². The maximum atomic E-state index is 10.2. The fourth-order valence-electron chi connectivity index (χ4n) is 1.45. The fourth-order valence-corrected chi connectivity index (χ4v) is 1.45. The van der Waals surface area contributed by atoms with Crippen molar-refractivity contribution in [2.24, 2.45) is 0 Å². The molecular weight excluding hydrogens is 245 g/mol.